The minimum atomic E-state index is -0.222. The van der Waals surface area contributed by atoms with E-state index in [4.69, 9.17) is 5.26 Å². The highest BCUT2D eigenvalue weighted by Crippen LogP contribution is 2.25. The number of carbonyl (C=O) groups excluding carboxylic acids is 1. The Balaban J connectivity index is 1.98. The van der Waals surface area contributed by atoms with Crippen molar-refractivity contribution >= 4 is 5.91 Å². The van der Waals surface area contributed by atoms with Crippen LogP contribution in [-0.2, 0) is 6.42 Å². The average molecular weight is 296 g/mol. The maximum atomic E-state index is 12.1. The molecule has 0 aromatic heterocycles. The van der Waals surface area contributed by atoms with Gasteiger partial charge in [-0.05, 0) is 55.3 Å². The Bertz CT molecular complexity index is 718. The number of phenols is 2. The topological polar surface area (TPSA) is 93.3 Å². The summed E-state index contributed by atoms with van der Waals surface area (Å²) in [4.78, 5) is 12.1. The van der Waals surface area contributed by atoms with Crippen LogP contribution in [0.2, 0.25) is 0 Å². The minimum absolute atomic E-state index is 0.146. The number of rotatable bonds is 4. The number of benzene rings is 2. The number of hydrogen-bond acceptors (Lipinski definition) is 4. The largest absolute Gasteiger partial charge is 0.504 e. The molecule has 0 heterocycles. The highest BCUT2D eigenvalue weighted by atomic mass is 16.3. The summed E-state index contributed by atoms with van der Waals surface area (Å²) in [5.74, 6) is -0.568. The number of nitrogens with one attached hydrogen (secondary N) is 1. The number of nitriles is 1. The zero-order valence-electron chi connectivity index (χ0n) is 12.1. The van der Waals surface area contributed by atoms with Gasteiger partial charge in [0.05, 0.1) is 11.6 Å². The van der Waals surface area contributed by atoms with Crippen LogP contribution in [-0.4, -0.2) is 22.2 Å². The van der Waals surface area contributed by atoms with Crippen molar-refractivity contribution in [3.63, 3.8) is 0 Å². The molecule has 3 N–H and O–H groups in total. The first-order chi connectivity index (χ1) is 10.5. The molecule has 0 spiro atoms. The molecule has 2 aromatic rings. The first-order valence-corrected chi connectivity index (χ1v) is 6.81. The number of amides is 1. The fourth-order valence-electron chi connectivity index (χ4n) is 2.10. The zero-order chi connectivity index (χ0) is 16.1. The molecule has 0 saturated heterocycles. The lowest BCUT2D eigenvalue weighted by atomic mass is 10.1. The summed E-state index contributed by atoms with van der Waals surface area (Å²) in [7, 11) is 0. The standard InChI is InChI=1S/C17H16N2O3/c1-11(8-13-4-7-15(20)16(21)9-13)19-17(22)14-5-2-12(10-18)3-6-14/h2-7,9,11,20-21H,8H2,1H3,(H,19,22). The third-order valence-electron chi connectivity index (χ3n) is 3.24. The fraction of sp³-hybridized carbons (Fsp3) is 0.176. The Kier molecular flexibility index (Phi) is 4.64. The van der Waals surface area contributed by atoms with Gasteiger partial charge in [-0.3, -0.25) is 4.79 Å². The lowest BCUT2D eigenvalue weighted by molar-refractivity contribution is 0.0940. The molecule has 0 radical (unpaired) electrons. The molecule has 112 valence electrons. The second-order valence-electron chi connectivity index (χ2n) is 5.09. The zero-order valence-corrected chi connectivity index (χ0v) is 12.1. The third kappa shape index (κ3) is 3.76. The van der Waals surface area contributed by atoms with Crippen LogP contribution in [0.15, 0.2) is 42.5 Å². The van der Waals surface area contributed by atoms with Crippen molar-refractivity contribution in [3.05, 3.63) is 59.2 Å². The highest BCUT2D eigenvalue weighted by Gasteiger charge is 2.11. The van der Waals surface area contributed by atoms with Crippen molar-refractivity contribution < 1.29 is 15.0 Å². The normalized spacial score (nSPS) is 11.5. The maximum Gasteiger partial charge on any atom is 0.251 e. The van der Waals surface area contributed by atoms with Crippen LogP contribution in [0, 0.1) is 11.3 Å². The molecule has 1 unspecified atom stereocenters. The molecule has 0 saturated carbocycles. The molecule has 2 aromatic carbocycles. The monoisotopic (exact) mass is 296 g/mol. The van der Waals surface area contributed by atoms with Crippen LogP contribution < -0.4 is 5.32 Å². The van der Waals surface area contributed by atoms with Gasteiger partial charge in [0.15, 0.2) is 11.5 Å². The van der Waals surface area contributed by atoms with Gasteiger partial charge in [-0.1, -0.05) is 6.07 Å². The van der Waals surface area contributed by atoms with Gasteiger partial charge in [-0.25, -0.2) is 0 Å². The van der Waals surface area contributed by atoms with Crippen molar-refractivity contribution in [1.82, 2.24) is 5.32 Å². The summed E-state index contributed by atoms with van der Waals surface area (Å²) in [6.07, 6.45) is 0.524. The van der Waals surface area contributed by atoms with Gasteiger partial charge in [0.2, 0.25) is 0 Å². The van der Waals surface area contributed by atoms with Gasteiger partial charge >= 0.3 is 0 Å². The molecule has 0 bridgehead atoms. The molecule has 0 fully saturated rings. The van der Waals surface area contributed by atoms with E-state index in [0.29, 0.717) is 17.5 Å². The maximum absolute atomic E-state index is 12.1. The molecule has 5 heteroatoms. The predicted octanol–water partition coefficient (Wildman–Crippen LogP) is 2.33. The first-order valence-electron chi connectivity index (χ1n) is 6.81. The molecular weight excluding hydrogens is 280 g/mol. The van der Waals surface area contributed by atoms with Gasteiger partial charge < -0.3 is 15.5 Å². The van der Waals surface area contributed by atoms with Crippen molar-refractivity contribution in [2.24, 2.45) is 0 Å². The van der Waals surface area contributed by atoms with Gasteiger partial charge in [-0.15, -0.1) is 0 Å². The van der Waals surface area contributed by atoms with E-state index in [2.05, 4.69) is 5.32 Å². The predicted molar refractivity (Wildman–Crippen MR) is 81.6 cm³/mol. The van der Waals surface area contributed by atoms with E-state index in [1.165, 1.54) is 12.1 Å². The SMILES string of the molecule is CC(Cc1ccc(O)c(O)c1)NC(=O)c1ccc(C#N)cc1. The summed E-state index contributed by atoms with van der Waals surface area (Å²) in [6, 6.07) is 12.8. The Morgan fingerprint density at radius 3 is 2.45 bits per heavy atom. The Morgan fingerprint density at radius 2 is 1.86 bits per heavy atom. The lowest BCUT2D eigenvalue weighted by Crippen LogP contribution is -2.34. The van der Waals surface area contributed by atoms with E-state index in [1.54, 1.807) is 30.3 Å². The van der Waals surface area contributed by atoms with Crippen LogP contribution in [0.25, 0.3) is 0 Å². The molecular formula is C17H16N2O3. The van der Waals surface area contributed by atoms with E-state index in [1.807, 2.05) is 13.0 Å². The second-order valence-corrected chi connectivity index (χ2v) is 5.09. The lowest BCUT2D eigenvalue weighted by Gasteiger charge is -2.14. The Morgan fingerprint density at radius 1 is 1.18 bits per heavy atom. The molecule has 2 rings (SSSR count). The van der Waals surface area contributed by atoms with E-state index >= 15 is 0 Å². The third-order valence-corrected chi connectivity index (χ3v) is 3.24. The molecule has 0 aliphatic carbocycles. The number of phenolic OH excluding ortho intramolecular Hbond substituents is 2. The first kappa shape index (κ1) is 15.4. The van der Waals surface area contributed by atoms with Crippen molar-refractivity contribution in [2.75, 3.05) is 0 Å². The van der Waals surface area contributed by atoms with Crippen molar-refractivity contribution in [1.29, 1.82) is 5.26 Å². The minimum Gasteiger partial charge on any atom is -0.504 e. The van der Waals surface area contributed by atoms with Gasteiger partial charge in [0, 0.05) is 11.6 Å². The van der Waals surface area contributed by atoms with E-state index in [9.17, 15) is 15.0 Å². The Labute approximate surface area is 128 Å². The van der Waals surface area contributed by atoms with E-state index in [0.717, 1.165) is 5.56 Å². The molecule has 1 amide bonds. The van der Waals surface area contributed by atoms with E-state index < -0.39 is 0 Å². The highest BCUT2D eigenvalue weighted by molar-refractivity contribution is 5.94. The van der Waals surface area contributed by atoms with Crippen molar-refractivity contribution in [2.45, 2.75) is 19.4 Å². The Hall–Kier alpha value is -3.00. The summed E-state index contributed by atoms with van der Waals surface area (Å²) < 4.78 is 0. The number of carbonyl (C=O) groups is 1. The summed E-state index contributed by atoms with van der Waals surface area (Å²) in [5, 5.41) is 30.3. The van der Waals surface area contributed by atoms with Crippen LogP contribution in [0.4, 0.5) is 0 Å². The molecule has 1 atom stereocenters. The summed E-state index contributed by atoms with van der Waals surface area (Å²) in [5.41, 5.74) is 1.80. The number of hydrogen-bond donors (Lipinski definition) is 3. The van der Waals surface area contributed by atoms with Crippen LogP contribution in [0.3, 0.4) is 0 Å². The molecule has 22 heavy (non-hydrogen) atoms. The van der Waals surface area contributed by atoms with Crippen LogP contribution >= 0.6 is 0 Å². The van der Waals surface area contributed by atoms with E-state index in [-0.39, 0.29) is 23.4 Å². The van der Waals surface area contributed by atoms with Crippen molar-refractivity contribution in [3.8, 4) is 17.6 Å². The smallest absolute Gasteiger partial charge is 0.251 e. The molecule has 0 aliphatic rings. The number of aromatic hydroxyl groups is 2. The molecule has 0 aliphatic heterocycles. The quantitative estimate of drug-likeness (QED) is 0.755. The number of nitrogens with zero attached hydrogens (tertiary/aromatic N) is 1. The van der Waals surface area contributed by atoms with Gasteiger partial charge in [0.1, 0.15) is 0 Å². The molecule has 5 nitrogen and oxygen atoms in total. The average Bonchev–Trinajstić information content (AvgIpc) is 2.51. The van der Waals surface area contributed by atoms with Gasteiger partial charge in [0.25, 0.3) is 5.91 Å². The van der Waals surface area contributed by atoms with Gasteiger partial charge in [-0.2, -0.15) is 5.26 Å². The van der Waals surface area contributed by atoms with Crippen LogP contribution in [0.5, 0.6) is 11.5 Å². The summed E-state index contributed by atoms with van der Waals surface area (Å²) >= 11 is 0. The second kappa shape index (κ2) is 6.64. The summed E-state index contributed by atoms with van der Waals surface area (Å²) in [6.45, 7) is 1.85. The fourth-order valence-corrected chi connectivity index (χ4v) is 2.10. The van der Waals surface area contributed by atoms with Crippen LogP contribution in [0.1, 0.15) is 28.4 Å².